The Balaban J connectivity index is 1.73. The van der Waals surface area contributed by atoms with Crippen molar-refractivity contribution in [3.63, 3.8) is 0 Å². The quantitative estimate of drug-likeness (QED) is 0.832. The van der Waals surface area contributed by atoms with Crippen molar-refractivity contribution in [3.05, 3.63) is 29.8 Å². The molecule has 0 bridgehead atoms. The first-order chi connectivity index (χ1) is 10.1. The maximum absolute atomic E-state index is 9.73. The van der Waals surface area contributed by atoms with Crippen molar-refractivity contribution in [2.45, 2.75) is 57.0 Å². The number of nitrogens with zero attached hydrogens (tertiary/aromatic N) is 1. The fourth-order valence-electron chi connectivity index (χ4n) is 2.88. The maximum atomic E-state index is 9.73. The number of para-hydroxylation sites is 1. The van der Waals surface area contributed by atoms with Crippen LogP contribution in [0.25, 0.3) is 0 Å². The van der Waals surface area contributed by atoms with E-state index in [9.17, 15) is 5.26 Å². The minimum atomic E-state index is -0.495. The molecular formula is C18H24N2O. The fraction of sp³-hybridized carbons (Fsp3) is 0.611. The van der Waals surface area contributed by atoms with E-state index >= 15 is 0 Å². The zero-order chi connectivity index (χ0) is 14.9. The third-order valence-electron chi connectivity index (χ3n) is 4.51. The van der Waals surface area contributed by atoms with Gasteiger partial charge in [0.05, 0.1) is 6.07 Å². The monoisotopic (exact) mass is 284 g/mol. The molecule has 0 amide bonds. The normalized spacial score (nSPS) is 20.9. The molecule has 2 saturated carbocycles. The van der Waals surface area contributed by atoms with Gasteiger partial charge in [-0.05, 0) is 49.1 Å². The van der Waals surface area contributed by atoms with Crippen LogP contribution in [0.3, 0.4) is 0 Å². The summed E-state index contributed by atoms with van der Waals surface area (Å²) in [6.45, 7) is 4.79. The highest BCUT2D eigenvalue weighted by molar-refractivity contribution is 5.36. The SMILES string of the molecule is CC(C)c1ccccc1OCC(C#N)(NC1CC1)C1CC1. The largest absolute Gasteiger partial charge is 0.490 e. The summed E-state index contributed by atoms with van der Waals surface area (Å²) >= 11 is 0. The lowest BCUT2D eigenvalue weighted by molar-refractivity contribution is 0.198. The lowest BCUT2D eigenvalue weighted by Crippen LogP contribution is -2.52. The zero-order valence-electron chi connectivity index (χ0n) is 12.9. The number of benzene rings is 1. The molecule has 1 aromatic rings. The van der Waals surface area contributed by atoms with Crippen LogP contribution in [0.15, 0.2) is 24.3 Å². The number of nitriles is 1. The first-order valence-corrected chi connectivity index (χ1v) is 8.05. The Kier molecular flexibility index (Phi) is 3.91. The second-order valence-electron chi connectivity index (χ2n) is 6.76. The van der Waals surface area contributed by atoms with Crippen LogP contribution in [0.1, 0.15) is 51.0 Å². The smallest absolute Gasteiger partial charge is 0.144 e. The van der Waals surface area contributed by atoms with Gasteiger partial charge in [0.1, 0.15) is 17.9 Å². The Hall–Kier alpha value is -1.53. The Morgan fingerprint density at radius 3 is 2.57 bits per heavy atom. The van der Waals surface area contributed by atoms with E-state index in [0.29, 0.717) is 24.5 Å². The van der Waals surface area contributed by atoms with Gasteiger partial charge in [0.25, 0.3) is 0 Å². The molecule has 3 heteroatoms. The lowest BCUT2D eigenvalue weighted by Gasteiger charge is -2.29. The molecule has 112 valence electrons. The molecular weight excluding hydrogens is 260 g/mol. The van der Waals surface area contributed by atoms with E-state index < -0.39 is 5.54 Å². The molecule has 0 aliphatic heterocycles. The molecule has 0 saturated heterocycles. The summed E-state index contributed by atoms with van der Waals surface area (Å²) in [4.78, 5) is 0. The Labute approximate surface area is 127 Å². The summed E-state index contributed by atoms with van der Waals surface area (Å²) < 4.78 is 6.10. The van der Waals surface area contributed by atoms with Gasteiger partial charge in [-0.25, -0.2) is 0 Å². The van der Waals surface area contributed by atoms with Gasteiger partial charge in [-0.15, -0.1) is 0 Å². The van der Waals surface area contributed by atoms with E-state index in [1.807, 2.05) is 18.2 Å². The zero-order valence-corrected chi connectivity index (χ0v) is 12.9. The van der Waals surface area contributed by atoms with Crippen molar-refractivity contribution in [1.29, 1.82) is 5.26 Å². The van der Waals surface area contributed by atoms with E-state index in [0.717, 1.165) is 18.6 Å². The van der Waals surface area contributed by atoms with Gasteiger partial charge in [-0.2, -0.15) is 5.26 Å². The highest BCUT2D eigenvalue weighted by Crippen LogP contribution is 2.42. The molecule has 2 aliphatic rings. The molecule has 0 spiro atoms. The minimum absolute atomic E-state index is 0.426. The first kappa shape index (κ1) is 14.4. The third kappa shape index (κ3) is 3.22. The topological polar surface area (TPSA) is 45.0 Å². The second kappa shape index (κ2) is 5.69. The molecule has 2 fully saturated rings. The molecule has 1 unspecified atom stereocenters. The molecule has 0 aromatic heterocycles. The Morgan fingerprint density at radius 1 is 1.29 bits per heavy atom. The fourth-order valence-corrected chi connectivity index (χ4v) is 2.88. The summed E-state index contributed by atoms with van der Waals surface area (Å²) in [5, 5.41) is 13.3. The van der Waals surface area contributed by atoms with E-state index in [4.69, 9.17) is 4.74 Å². The Morgan fingerprint density at radius 2 is 2.00 bits per heavy atom. The van der Waals surface area contributed by atoms with Gasteiger partial charge in [-0.1, -0.05) is 32.0 Å². The van der Waals surface area contributed by atoms with Crippen LogP contribution < -0.4 is 10.1 Å². The van der Waals surface area contributed by atoms with E-state index in [-0.39, 0.29) is 0 Å². The summed E-state index contributed by atoms with van der Waals surface area (Å²) in [5.74, 6) is 1.80. The Bertz CT molecular complexity index is 540. The van der Waals surface area contributed by atoms with Crippen molar-refractivity contribution in [1.82, 2.24) is 5.32 Å². The molecule has 1 N–H and O–H groups in total. The number of hydrogen-bond donors (Lipinski definition) is 1. The summed E-state index contributed by atoms with van der Waals surface area (Å²) in [7, 11) is 0. The van der Waals surface area contributed by atoms with Crippen LogP contribution >= 0.6 is 0 Å². The number of ether oxygens (including phenoxy) is 1. The summed E-state index contributed by atoms with van der Waals surface area (Å²) in [6.07, 6.45) is 4.67. The predicted molar refractivity (Wildman–Crippen MR) is 83.3 cm³/mol. The van der Waals surface area contributed by atoms with Crippen molar-refractivity contribution >= 4 is 0 Å². The standard InChI is InChI=1S/C18H24N2O/c1-13(2)16-5-3-4-6-17(16)21-12-18(11-19,14-7-8-14)20-15-9-10-15/h3-6,13-15,20H,7-10,12H2,1-2H3. The summed E-state index contributed by atoms with van der Waals surface area (Å²) in [6, 6.07) is 11.2. The molecule has 1 atom stereocenters. The van der Waals surface area contributed by atoms with Gasteiger partial charge >= 0.3 is 0 Å². The van der Waals surface area contributed by atoms with Crippen molar-refractivity contribution < 1.29 is 4.74 Å². The van der Waals surface area contributed by atoms with Gasteiger partial charge in [0.2, 0.25) is 0 Å². The van der Waals surface area contributed by atoms with Crippen LogP contribution in [0.4, 0.5) is 0 Å². The van der Waals surface area contributed by atoms with E-state index in [2.05, 4.69) is 31.3 Å². The van der Waals surface area contributed by atoms with Crippen LogP contribution in [-0.4, -0.2) is 18.2 Å². The van der Waals surface area contributed by atoms with Crippen LogP contribution in [0.5, 0.6) is 5.75 Å². The molecule has 21 heavy (non-hydrogen) atoms. The van der Waals surface area contributed by atoms with Gasteiger partial charge in [0.15, 0.2) is 0 Å². The maximum Gasteiger partial charge on any atom is 0.144 e. The number of hydrogen-bond acceptors (Lipinski definition) is 3. The van der Waals surface area contributed by atoms with Gasteiger partial charge < -0.3 is 4.74 Å². The molecule has 3 rings (SSSR count). The van der Waals surface area contributed by atoms with Crippen LogP contribution in [0, 0.1) is 17.2 Å². The van der Waals surface area contributed by atoms with Crippen molar-refractivity contribution in [2.24, 2.45) is 5.92 Å². The third-order valence-corrected chi connectivity index (χ3v) is 4.51. The van der Waals surface area contributed by atoms with Crippen LogP contribution in [0.2, 0.25) is 0 Å². The average molecular weight is 284 g/mol. The van der Waals surface area contributed by atoms with Crippen molar-refractivity contribution in [2.75, 3.05) is 6.61 Å². The minimum Gasteiger partial charge on any atom is -0.490 e. The summed E-state index contributed by atoms with van der Waals surface area (Å²) in [5.41, 5.74) is 0.720. The van der Waals surface area contributed by atoms with E-state index in [1.165, 1.54) is 18.4 Å². The van der Waals surface area contributed by atoms with Gasteiger partial charge in [0, 0.05) is 6.04 Å². The highest BCUT2D eigenvalue weighted by atomic mass is 16.5. The lowest BCUT2D eigenvalue weighted by atomic mass is 9.95. The van der Waals surface area contributed by atoms with Crippen molar-refractivity contribution in [3.8, 4) is 11.8 Å². The predicted octanol–water partition coefficient (Wildman–Crippen LogP) is 3.61. The second-order valence-corrected chi connectivity index (χ2v) is 6.76. The van der Waals surface area contributed by atoms with Crippen LogP contribution in [-0.2, 0) is 0 Å². The molecule has 2 aliphatic carbocycles. The highest BCUT2D eigenvalue weighted by Gasteiger charge is 2.49. The van der Waals surface area contributed by atoms with Gasteiger partial charge in [-0.3, -0.25) is 5.32 Å². The average Bonchev–Trinajstić information content (AvgIpc) is 3.37. The number of nitrogens with one attached hydrogen (secondary N) is 1. The van der Waals surface area contributed by atoms with E-state index in [1.54, 1.807) is 0 Å². The number of rotatable bonds is 7. The molecule has 1 aromatic carbocycles. The molecule has 0 heterocycles. The first-order valence-electron chi connectivity index (χ1n) is 8.05. The molecule has 3 nitrogen and oxygen atoms in total. The molecule has 0 radical (unpaired) electrons.